The average molecular weight is 288 g/mol. The lowest BCUT2D eigenvalue weighted by Gasteiger charge is -2.33. The Morgan fingerprint density at radius 3 is 2.81 bits per heavy atom. The number of aliphatic carboxylic acids is 1. The van der Waals surface area contributed by atoms with Crippen molar-refractivity contribution in [1.29, 1.82) is 0 Å². The van der Waals surface area contributed by atoms with Gasteiger partial charge in [-0.05, 0) is 37.8 Å². The molecule has 1 fully saturated rings. The smallest absolute Gasteiger partial charge is 0.329 e. The molecule has 1 atom stereocenters. The molecule has 2 aliphatic heterocycles. The van der Waals surface area contributed by atoms with Crippen LogP contribution in [0.3, 0.4) is 0 Å². The minimum atomic E-state index is -1.05. The number of anilines is 1. The molecule has 0 aromatic heterocycles. The zero-order chi connectivity index (χ0) is 15.0. The SMILES string of the molecule is CC1(C(=O)O)CCCN1C(=O)CN1CCc2ccccc21. The van der Waals surface area contributed by atoms with Crippen molar-refractivity contribution in [3.63, 3.8) is 0 Å². The maximum Gasteiger partial charge on any atom is 0.329 e. The van der Waals surface area contributed by atoms with Crippen molar-refractivity contribution in [1.82, 2.24) is 4.90 Å². The molecular weight excluding hydrogens is 268 g/mol. The quantitative estimate of drug-likeness (QED) is 0.916. The number of hydrogen-bond donors (Lipinski definition) is 1. The maximum atomic E-state index is 12.6. The lowest BCUT2D eigenvalue weighted by molar-refractivity contribution is -0.154. The molecule has 1 aromatic rings. The van der Waals surface area contributed by atoms with Gasteiger partial charge in [0.15, 0.2) is 0 Å². The molecule has 112 valence electrons. The van der Waals surface area contributed by atoms with Crippen LogP contribution in [0.25, 0.3) is 0 Å². The van der Waals surface area contributed by atoms with Gasteiger partial charge in [0.05, 0.1) is 6.54 Å². The van der Waals surface area contributed by atoms with Crippen LogP contribution in [0.15, 0.2) is 24.3 Å². The van der Waals surface area contributed by atoms with Crippen LogP contribution in [0.4, 0.5) is 5.69 Å². The number of nitrogens with zero attached hydrogens (tertiary/aromatic N) is 2. The molecule has 2 aliphatic rings. The van der Waals surface area contributed by atoms with E-state index in [9.17, 15) is 14.7 Å². The fraction of sp³-hybridized carbons (Fsp3) is 0.500. The van der Waals surface area contributed by atoms with Gasteiger partial charge in [-0.2, -0.15) is 0 Å². The summed E-state index contributed by atoms with van der Waals surface area (Å²) < 4.78 is 0. The highest BCUT2D eigenvalue weighted by Crippen LogP contribution is 2.31. The van der Waals surface area contributed by atoms with Gasteiger partial charge in [0.2, 0.25) is 5.91 Å². The zero-order valence-corrected chi connectivity index (χ0v) is 12.2. The van der Waals surface area contributed by atoms with Crippen molar-refractivity contribution in [3.8, 4) is 0 Å². The van der Waals surface area contributed by atoms with Gasteiger partial charge >= 0.3 is 5.97 Å². The third kappa shape index (κ3) is 2.26. The monoisotopic (exact) mass is 288 g/mol. The van der Waals surface area contributed by atoms with Crippen LogP contribution in [0.5, 0.6) is 0 Å². The first kappa shape index (κ1) is 13.9. The molecule has 0 bridgehead atoms. The molecule has 0 aliphatic carbocycles. The lowest BCUT2D eigenvalue weighted by Crippen LogP contribution is -2.53. The van der Waals surface area contributed by atoms with Crippen molar-refractivity contribution < 1.29 is 14.7 Å². The van der Waals surface area contributed by atoms with E-state index in [1.165, 1.54) is 10.5 Å². The molecule has 0 radical (unpaired) electrons. The molecule has 2 heterocycles. The largest absolute Gasteiger partial charge is 0.480 e. The van der Waals surface area contributed by atoms with E-state index in [1.807, 2.05) is 18.2 Å². The van der Waals surface area contributed by atoms with Crippen LogP contribution in [0.2, 0.25) is 0 Å². The normalized spacial score (nSPS) is 24.2. The number of amides is 1. The van der Waals surface area contributed by atoms with E-state index in [-0.39, 0.29) is 12.5 Å². The second-order valence-corrected chi connectivity index (χ2v) is 6.03. The number of hydrogen-bond acceptors (Lipinski definition) is 3. The van der Waals surface area contributed by atoms with E-state index in [4.69, 9.17) is 0 Å². The second kappa shape index (κ2) is 5.06. The first-order chi connectivity index (χ1) is 10.0. The van der Waals surface area contributed by atoms with Gasteiger partial charge in [-0.1, -0.05) is 18.2 Å². The standard InChI is InChI=1S/C16H20N2O3/c1-16(15(20)21)8-4-9-18(16)14(19)11-17-10-7-12-5-2-3-6-13(12)17/h2-3,5-6H,4,7-11H2,1H3,(H,20,21). The van der Waals surface area contributed by atoms with E-state index in [2.05, 4.69) is 11.0 Å². The number of carboxylic acid groups (broad SMARTS) is 1. The van der Waals surface area contributed by atoms with E-state index in [1.54, 1.807) is 6.92 Å². The summed E-state index contributed by atoms with van der Waals surface area (Å²) in [6.07, 6.45) is 2.23. The zero-order valence-electron chi connectivity index (χ0n) is 12.2. The summed E-state index contributed by atoms with van der Waals surface area (Å²) in [5, 5.41) is 9.40. The molecule has 5 heteroatoms. The fourth-order valence-corrected chi connectivity index (χ4v) is 3.40. The highest BCUT2D eigenvalue weighted by Gasteiger charge is 2.46. The number of carbonyl (C=O) groups excluding carboxylic acids is 1. The van der Waals surface area contributed by atoms with E-state index >= 15 is 0 Å². The van der Waals surface area contributed by atoms with Crippen LogP contribution in [0, 0.1) is 0 Å². The number of fused-ring (bicyclic) bond motifs is 1. The van der Waals surface area contributed by atoms with Gasteiger partial charge in [-0.15, -0.1) is 0 Å². The number of benzene rings is 1. The number of carbonyl (C=O) groups is 2. The first-order valence-electron chi connectivity index (χ1n) is 7.39. The summed E-state index contributed by atoms with van der Waals surface area (Å²) in [5.41, 5.74) is 1.31. The fourth-order valence-electron chi connectivity index (χ4n) is 3.40. The molecule has 1 amide bonds. The van der Waals surface area contributed by atoms with Crippen molar-refractivity contribution in [2.45, 2.75) is 31.7 Å². The van der Waals surface area contributed by atoms with Gasteiger partial charge in [0.1, 0.15) is 5.54 Å². The van der Waals surface area contributed by atoms with Crippen molar-refractivity contribution in [2.24, 2.45) is 0 Å². The minimum absolute atomic E-state index is 0.0888. The minimum Gasteiger partial charge on any atom is -0.480 e. The molecular formula is C16H20N2O3. The lowest BCUT2D eigenvalue weighted by atomic mass is 9.99. The van der Waals surface area contributed by atoms with Gasteiger partial charge in [0, 0.05) is 18.8 Å². The Morgan fingerprint density at radius 1 is 1.29 bits per heavy atom. The summed E-state index contributed by atoms with van der Waals surface area (Å²) >= 11 is 0. The van der Waals surface area contributed by atoms with Crippen LogP contribution in [0.1, 0.15) is 25.3 Å². The molecule has 1 unspecified atom stereocenters. The highest BCUT2D eigenvalue weighted by atomic mass is 16.4. The van der Waals surface area contributed by atoms with Gasteiger partial charge in [0.25, 0.3) is 0 Å². The molecule has 0 spiro atoms. The van der Waals surface area contributed by atoms with E-state index < -0.39 is 11.5 Å². The number of rotatable bonds is 3. The highest BCUT2D eigenvalue weighted by molar-refractivity contribution is 5.90. The number of likely N-dealkylation sites (tertiary alicyclic amines) is 1. The Morgan fingerprint density at radius 2 is 2.05 bits per heavy atom. The summed E-state index contributed by atoms with van der Waals surface area (Å²) in [7, 11) is 0. The van der Waals surface area contributed by atoms with Crippen LogP contribution >= 0.6 is 0 Å². The Kier molecular flexibility index (Phi) is 3.35. The summed E-state index contributed by atoms with van der Waals surface area (Å²) in [6.45, 7) is 3.28. The third-order valence-corrected chi connectivity index (χ3v) is 4.71. The van der Waals surface area contributed by atoms with E-state index in [0.29, 0.717) is 13.0 Å². The number of carboxylic acids is 1. The maximum absolute atomic E-state index is 12.6. The Labute approximate surface area is 124 Å². The molecule has 5 nitrogen and oxygen atoms in total. The first-order valence-corrected chi connectivity index (χ1v) is 7.39. The van der Waals surface area contributed by atoms with Gasteiger partial charge in [-0.3, -0.25) is 4.79 Å². The summed E-state index contributed by atoms with van der Waals surface area (Å²) in [4.78, 5) is 27.6. The molecule has 3 rings (SSSR count). The van der Waals surface area contributed by atoms with Crippen LogP contribution in [-0.4, -0.2) is 47.1 Å². The molecule has 1 aromatic carbocycles. The van der Waals surface area contributed by atoms with Crippen molar-refractivity contribution >= 4 is 17.6 Å². The molecule has 1 N–H and O–H groups in total. The predicted octanol–water partition coefficient (Wildman–Crippen LogP) is 1.51. The summed E-state index contributed by atoms with van der Waals surface area (Å²) in [5.74, 6) is -0.996. The third-order valence-electron chi connectivity index (χ3n) is 4.71. The van der Waals surface area contributed by atoms with E-state index in [0.717, 1.165) is 25.1 Å². The topological polar surface area (TPSA) is 60.9 Å². The Hall–Kier alpha value is -2.04. The second-order valence-electron chi connectivity index (χ2n) is 6.03. The van der Waals surface area contributed by atoms with Crippen molar-refractivity contribution in [3.05, 3.63) is 29.8 Å². The summed E-state index contributed by atoms with van der Waals surface area (Å²) in [6, 6.07) is 8.08. The van der Waals surface area contributed by atoms with Crippen LogP contribution in [-0.2, 0) is 16.0 Å². The molecule has 0 saturated carbocycles. The molecule has 1 saturated heterocycles. The van der Waals surface area contributed by atoms with Crippen molar-refractivity contribution in [2.75, 3.05) is 24.5 Å². The average Bonchev–Trinajstić information content (AvgIpc) is 3.04. The van der Waals surface area contributed by atoms with Gasteiger partial charge in [-0.25, -0.2) is 4.79 Å². The molecule has 21 heavy (non-hydrogen) atoms. The Bertz CT molecular complexity index is 587. The number of para-hydroxylation sites is 1. The van der Waals surface area contributed by atoms with Crippen LogP contribution < -0.4 is 4.90 Å². The predicted molar refractivity (Wildman–Crippen MR) is 79.3 cm³/mol. The van der Waals surface area contributed by atoms with Gasteiger partial charge < -0.3 is 14.9 Å². The Balaban J connectivity index is 1.75.